The van der Waals surface area contributed by atoms with Gasteiger partial charge in [-0.2, -0.15) is 0 Å². The molecule has 0 bridgehead atoms. The van der Waals surface area contributed by atoms with E-state index in [4.69, 9.17) is 5.11 Å². The van der Waals surface area contributed by atoms with E-state index in [2.05, 4.69) is 10.6 Å². The fourth-order valence-corrected chi connectivity index (χ4v) is 1.51. The smallest absolute Gasteiger partial charge is 0.337 e. The molecule has 3 N–H and O–H groups in total. The summed E-state index contributed by atoms with van der Waals surface area (Å²) in [5.74, 6) is -1.17. The number of carboxylic acid groups (broad SMARTS) is 1. The molecular weight excluding hydrogens is 196 g/mol. The van der Waals surface area contributed by atoms with E-state index in [9.17, 15) is 9.59 Å². The molecule has 78 valence electrons. The fraction of sp³-hybridized carbons (Fsp3) is 0.200. The van der Waals surface area contributed by atoms with Crippen molar-refractivity contribution in [1.82, 2.24) is 0 Å². The van der Waals surface area contributed by atoms with Crippen molar-refractivity contribution in [2.45, 2.75) is 13.0 Å². The summed E-state index contributed by atoms with van der Waals surface area (Å²) >= 11 is 0. The van der Waals surface area contributed by atoms with Crippen LogP contribution in [0.5, 0.6) is 0 Å². The number of carbonyl (C=O) groups is 2. The highest BCUT2D eigenvalue weighted by atomic mass is 16.4. The van der Waals surface area contributed by atoms with E-state index in [0.717, 1.165) is 0 Å². The zero-order valence-corrected chi connectivity index (χ0v) is 8.07. The van der Waals surface area contributed by atoms with Crippen molar-refractivity contribution < 1.29 is 14.7 Å². The SMILES string of the molecule is CC1Nc2c(cccc2C(=O)O)NC1=O. The first-order valence-corrected chi connectivity index (χ1v) is 4.53. The number of hydrogen-bond acceptors (Lipinski definition) is 3. The monoisotopic (exact) mass is 206 g/mol. The summed E-state index contributed by atoms with van der Waals surface area (Å²) in [5.41, 5.74) is 1.15. The van der Waals surface area contributed by atoms with Gasteiger partial charge in [0.05, 0.1) is 16.9 Å². The van der Waals surface area contributed by atoms with Gasteiger partial charge in [0.15, 0.2) is 0 Å². The lowest BCUT2D eigenvalue weighted by Crippen LogP contribution is -2.37. The van der Waals surface area contributed by atoms with Gasteiger partial charge in [0.2, 0.25) is 5.91 Å². The molecule has 0 fully saturated rings. The number of anilines is 2. The van der Waals surface area contributed by atoms with Crippen LogP contribution >= 0.6 is 0 Å². The van der Waals surface area contributed by atoms with Gasteiger partial charge in [0, 0.05) is 0 Å². The average molecular weight is 206 g/mol. The van der Waals surface area contributed by atoms with E-state index in [1.807, 2.05) is 0 Å². The first kappa shape index (κ1) is 9.51. The minimum absolute atomic E-state index is 0.162. The van der Waals surface area contributed by atoms with Crippen LogP contribution in [0.2, 0.25) is 0 Å². The first-order chi connectivity index (χ1) is 7.09. The molecule has 1 unspecified atom stereocenters. The molecular formula is C10H10N2O3. The molecule has 1 heterocycles. The van der Waals surface area contributed by atoms with Crippen LogP contribution in [0.25, 0.3) is 0 Å². The van der Waals surface area contributed by atoms with E-state index >= 15 is 0 Å². The standard InChI is InChI=1S/C10H10N2O3/c1-5-9(13)12-7-4-2-3-6(10(14)15)8(7)11-5/h2-5,11H,1H3,(H,12,13)(H,14,15). The van der Waals surface area contributed by atoms with E-state index in [0.29, 0.717) is 11.4 Å². The van der Waals surface area contributed by atoms with Crippen molar-refractivity contribution >= 4 is 23.3 Å². The van der Waals surface area contributed by atoms with Gasteiger partial charge in [-0.1, -0.05) is 6.07 Å². The van der Waals surface area contributed by atoms with Gasteiger partial charge in [0.25, 0.3) is 0 Å². The van der Waals surface area contributed by atoms with Crippen LogP contribution in [0, 0.1) is 0 Å². The lowest BCUT2D eigenvalue weighted by molar-refractivity contribution is -0.116. The molecule has 15 heavy (non-hydrogen) atoms. The summed E-state index contributed by atoms with van der Waals surface area (Å²) in [7, 11) is 0. The Morgan fingerprint density at radius 2 is 2.20 bits per heavy atom. The molecule has 5 heteroatoms. The van der Waals surface area contributed by atoms with E-state index < -0.39 is 12.0 Å². The highest BCUT2D eigenvalue weighted by molar-refractivity contribution is 6.07. The Kier molecular flexibility index (Phi) is 2.07. The second-order valence-corrected chi connectivity index (χ2v) is 3.39. The average Bonchev–Trinajstić information content (AvgIpc) is 2.18. The number of carboxylic acids is 1. The topological polar surface area (TPSA) is 78.4 Å². The van der Waals surface area contributed by atoms with Gasteiger partial charge >= 0.3 is 5.97 Å². The van der Waals surface area contributed by atoms with Crippen LogP contribution < -0.4 is 10.6 Å². The normalized spacial score (nSPS) is 18.7. The molecule has 0 aliphatic carbocycles. The lowest BCUT2D eigenvalue weighted by Gasteiger charge is -2.25. The third-order valence-electron chi connectivity index (χ3n) is 2.31. The fourth-order valence-electron chi connectivity index (χ4n) is 1.51. The second-order valence-electron chi connectivity index (χ2n) is 3.39. The molecule has 1 aromatic carbocycles. The Labute approximate surface area is 86.1 Å². The molecule has 5 nitrogen and oxygen atoms in total. The number of fused-ring (bicyclic) bond motifs is 1. The molecule has 0 saturated carbocycles. The number of benzene rings is 1. The van der Waals surface area contributed by atoms with Gasteiger partial charge in [-0.05, 0) is 19.1 Å². The number of amides is 1. The largest absolute Gasteiger partial charge is 0.478 e. The molecule has 2 rings (SSSR count). The second kappa shape index (κ2) is 3.27. The maximum atomic E-state index is 11.3. The maximum absolute atomic E-state index is 11.3. The number of rotatable bonds is 1. The van der Waals surface area contributed by atoms with E-state index in [1.165, 1.54) is 6.07 Å². The minimum atomic E-state index is -1.01. The third-order valence-corrected chi connectivity index (χ3v) is 2.31. The molecule has 1 amide bonds. The Balaban J connectivity index is 2.52. The molecule has 0 radical (unpaired) electrons. The highest BCUT2D eigenvalue weighted by Gasteiger charge is 2.24. The summed E-state index contributed by atoms with van der Waals surface area (Å²) in [4.78, 5) is 22.2. The van der Waals surface area contributed by atoms with Crippen molar-refractivity contribution in [2.75, 3.05) is 10.6 Å². The summed E-state index contributed by atoms with van der Waals surface area (Å²) in [6, 6.07) is 4.34. The quantitative estimate of drug-likeness (QED) is 0.643. The van der Waals surface area contributed by atoms with Gasteiger partial charge < -0.3 is 15.7 Å². The lowest BCUT2D eigenvalue weighted by atomic mass is 10.1. The molecule has 1 aliphatic rings. The Bertz CT molecular complexity index is 442. The van der Waals surface area contributed by atoms with Crippen LogP contribution in [0.4, 0.5) is 11.4 Å². The van der Waals surface area contributed by atoms with Crippen LogP contribution in [-0.4, -0.2) is 23.0 Å². The summed E-state index contributed by atoms with van der Waals surface area (Å²) in [6.07, 6.45) is 0. The highest BCUT2D eigenvalue weighted by Crippen LogP contribution is 2.30. The van der Waals surface area contributed by atoms with Gasteiger partial charge in [0.1, 0.15) is 6.04 Å². The zero-order chi connectivity index (χ0) is 11.0. The molecule has 0 spiro atoms. The maximum Gasteiger partial charge on any atom is 0.337 e. The van der Waals surface area contributed by atoms with Crippen LogP contribution in [-0.2, 0) is 4.79 Å². The summed E-state index contributed by atoms with van der Waals surface area (Å²) in [6.45, 7) is 1.68. The van der Waals surface area contributed by atoms with Crippen LogP contribution in [0.3, 0.4) is 0 Å². The van der Waals surface area contributed by atoms with E-state index in [-0.39, 0.29) is 11.5 Å². The summed E-state index contributed by atoms with van der Waals surface area (Å²) in [5, 5.41) is 14.4. The van der Waals surface area contributed by atoms with Gasteiger partial charge in [-0.25, -0.2) is 4.79 Å². The molecule has 1 atom stereocenters. The first-order valence-electron chi connectivity index (χ1n) is 4.53. The number of para-hydroxylation sites is 1. The Hall–Kier alpha value is -2.04. The van der Waals surface area contributed by atoms with Crippen molar-refractivity contribution in [2.24, 2.45) is 0 Å². The van der Waals surface area contributed by atoms with Crippen molar-refractivity contribution in [3.05, 3.63) is 23.8 Å². The molecule has 0 saturated heterocycles. The van der Waals surface area contributed by atoms with Crippen molar-refractivity contribution in [3.63, 3.8) is 0 Å². The number of hydrogen-bond donors (Lipinski definition) is 3. The zero-order valence-electron chi connectivity index (χ0n) is 8.07. The van der Waals surface area contributed by atoms with Crippen LogP contribution in [0.15, 0.2) is 18.2 Å². The predicted octanol–water partition coefficient (Wildman–Crippen LogP) is 1.14. The number of nitrogens with one attached hydrogen (secondary N) is 2. The predicted molar refractivity (Wildman–Crippen MR) is 55.1 cm³/mol. The molecule has 1 aliphatic heterocycles. The Morgan fingerprint density at radius 3 is 2.87 bits per heavy atom. The van der Waals surface area contributed by atoms with Crippen LogP contribution in [0.1, 0.15) is 17.3 Å². The summed E-state index contributed by atoms with van der Waals surface area (Å²) < 4.78 is 0. The van der Waals surface area contributed by atoms with Crippen molar-refractivity contribution in [1.29, 1.82) is 0 Å². The van der Waals surface area contributed by atoms with Crippen molar-refractivity contribution in [3.8, 4) is 0 Å². The molecule has 1 aromatic rings. The Morgan fingerprint density at radius 1 is 1.47 bits per heavy atom. The number of carbonyl (C=O) groups excluding carboxylic acids is 1. The minimum Gasteiger partial charge on any atom is -0.478 e. The third kappa shape index (κ3) is 1.52. The van der Waals surface area contributed by atoms with E-state index in [1.54, 1.807) is 19.1 Å². The van der Waals surface area contributed by atoms with Gasteiger partial charge in [-0.15, -0.1) is 0 Å². The molecule has 0 aromatic heterocycles. The number of aromatic carboxylic acids is 1. The van der Waals surface area contributed by atoms with Gasteiger partial charge in [-0.3, -0.25) is 4.79 Å².